The lowest BCUT2D eigenvalue weighted by Crippen LogP contribution is -2.35. The van der Waals surface area contributed by atoms with E-state index in [2.05, 4.69) is 5.32 Å². The third-order valence-electron chi connectivity index (χ3n) is 3.01. The molecule has 0 aliphatic carbocycles. The van der Waals surface area contributed by atoms with Gasteiger partial charge < -0.3 is 11.1 Å². The maximum Gasteiger partial charge on any atom is 0.220 e. The number of hydrogen-bond acceptors (Lipinski definition) is 2. The molecule has 0 aliphatic heterocycles. The summed E-state index contributed by atoms with van der Waals surface area (Å²) in [5.41, 5.74) is 6.65. The van der Waals surface area contributed by atoms with Gasteiger partial charge in [-0.3, -0.25) is 4.79 Å². The highest BCUT2D eigenvalue weighted by Crippen LogP contribution is 2.19. The van der Waals surface area contributed by atoms with Crippen LogP contribution in [0.15, 0.2) is 24.3 Å². The van der Waals surface area contributed by atoms with Gasteiger partial charge in [0.1, 0.15) is 0 Å². The number of hydrogen-bond donors (Lipinski definition) is 2. The number of amides is 1. The SMILES string of the molecule is CCC(NC(=O)CCC(C)(C)N)c1ccc(Cl)cc1. The number of rotatable bonds is 6. The van der Waals surface area contributed by atoms with Crippen molar-refractivity contribution in [1.29, 1.82) is 0 Å². The Bertz CT molecular complexity index is 409. The van der Waals surface area contributed by atoms with Crippen LogP contribution in [-0.4, -0.2) is 11.4 Å². The number of halogens is 1. The van der Waals surface area contributed by atoms with Crippen molar-refractivity contribution < 1.29 is 4.79 Å². The molecule has 1 aromatic rings. The zero-order chi connectivity index (χ0) is 14.5. The summed E-state index contributed by atoms with van der Waals surface area (Å²) < 4.78 is 0. The summed E-state index contributed by atoms with van der Waals surface area (Å²) in [5, 5.41) is 3.74. The molecule has 1 aromatic carbocycles. The van der Waals surface area contributed by atoms with Crippen LogP contribution in [-0.2, 0) is 4.79 Å². The summed E-state index contributed by atoms with van der Waals surface area (Å²) >= 11 is 5.86. The maximum atomic E-state index is 11.9. The first-order chi connectivity index (χ1) is 8.81. The van der Waals surface area contributed by atoms with E-state index in [1.165, 1.54) is 0 Å². The molecule has 1 rings (SSSR count). The number of benzene rings is 1. The van der Waals surface area contributed by atoms with Gasteiger partial charge in [0.15, 0.2) is 0 Å². The van der Waals surface area contributed by atoms with Crippen molar-refractivity contribution >= 4 is 17.5 Å². The Hall–Kier alpha value is -1.06. The molecule has 0 spiro atoms. The van der Waals surface area contributed by atoms with Crippen molar-refractivity contribution in [2.75, 3.05) is 0 Å². The van der Waals surface area contributed by atoms with Crippen LogP contribution in [0.1, 0.15) is 51.6 Å². The molecule has 106 valence electrons. The van der Waals surface area contributed by atoms with Gasteiger partial charge in [0, 0.05) is 17.0 Å². The van der Waals surface area contributed by atoms with Crippen LogP contribution in [0.4, 0.5) is 0 Å². The zero-order valence-corrected chi connectivity index (χ0v) is 12.6. The second-order valence-electron chi connectivity index (χ2n) is 5.57. The van der Waals surface area contributed by atoms with Crippen LogP contribution in [0.25, 0.3) is 0 Å². The minimum atomic E-state index is -0.306. The molecule has 0 fully saturated rings. The van der Waals surface area contributed by atoms with Gasteiger partial charge in [-0.15, -0.1) is 0 Å². The van der Waals surface area contributed by atoms with Crippen LogP contribution in [0, 0.1) is 0 Å². The number of carbonyl (C=O) groups excluding carboxylic acids is 1. The van der Waals surface area contributed by atoms with E-state index < -0.39 is 0 Å². The normalized spacial score (nSPS) is 13.1. The summed E-state index contributed by atoms with van der Waals surface area (Å²) in [6, 6.07) is 7.61. The fraction of sp³-hybridized carbons (Fsp3) is 0.533. The van der Waals surface area contributed by atoms with E-state index in [0.717, 1.165) is 12.0 Å². The van der Waals surface area contributed by atoms with Gasteiger partial charge >= 0.3 is 0 Å². The van der Waals surface area contributed by atoms with Crippen molar-refractivity contribution in [3.8, 4) is 0 Å². The summed E-state index contributed by atoms with van der Waals surface area (Å²) in [6.07, 6.45) is 1.98. The van der Waals surface area contributed by atoms with Gasteiger partial charge in [-0.1, -0.05) is 30.7 Å². The van der Waals surface area contributed by atoms with Crippen LogP contribution >= 0.6 is 11.6 Å². The highest BCUT2D eigenvalue weighted by molar-refractivity contribution is 6.30. The Kier molecular flexibility index (Phi) is 5.83. The molecule has 0 aromatic heterocycles. The van der Waals surface area contributed by atoms with E-state index in [9.17, 15) is 4.79 Å². The van der Waals surface area contributed by atoms with Gasteiger partial charge in [0.05, 0.1) is 6.04 Å². The molecule has 1 amide bonds. The van der Waals surface area contributed by atoms with Crippen LogP contribution in [0.5, 0.6) is 0 Å². The molecule has 0 aliphatic rings. The van der Waals surface area contributed by atoms with Gasteiger partial charge in [0.2, 0.25) is 5.91 Å². The van der Waals surface area contributed by atoms with E-state index in [0.29, 0.717) is 17.9 Å². The first-order valence-electron chi connectivity index (χ1n) is 6.65. The number of nitrogens with two attached hydrogens (primary N) is 1. The van der Waals surface area contributed by atoms with E-state index in [-0.39, 0.29) is 17.5 Å². The highest BCUT2D eigenvalue weighted by atomic mass is 35.5. The minimum absolute atomic E-state index is 0.0330. The Labute approximate surface area is 120 Å². The largest absolute Gasteiger partial charge is 0.349 e. The fourth-order valence-corrected chi connectivity index (χ4v) is 1.94. The molecule has 19 heavy (non-hydrogen) atoms. The van der Waals surface area contributed by atoms with Crippen LogP contribution in [0.2, 0.25) is 5.02 Å². The smallest absolute Gasteiger partial charge is 0.220 e. The molecule has 0 radical (unpaired) electrons. The predicted octanol–water partition coefficient (Wildman–Crippen LogP) is 3.42. The monoisotopic (exact) mass is 282 g/mol. The van der Waals surface area contributed by atoms with Gasteiger partial charge in [-0.2, -0.15) is 0 Å². The Balaban J connectivity index is 2.57. The number of nitrogens with one attached hydrogen (secondary N) is 1. The molecule has 0 bridgehead atoms. The Morgan fingerprint density at radius 1 is 1.37 bits per heavy atom. The second kappa shape index (κ2) is 6.92. The van der Waals surface area contributed by atoms with Gasteiger partial charge in [-0.05, 0) is 44.4 Å². The summed E-state index contributed by atoms with van der Waals surface area (Å²) in [6.45, 7) is 5.90. The van der Waals surface area contributed by atoms with Crippen molar-refractivity contribution in [2.24, 2.45) is 5.73 Å². The molecule has 0 saturated heterocycles. The zero-order valence-electron chi connectivity index (χ0n) is 11.9. The molecule has 1 atom stereocenters. The molecule has 1 unspecified atom stereocenters. The predicted molar refractivity (Wildman–Crippen MR) is 80.1 cm³/mol. The standard InChI is InChI=1S/C15H23ClN2O/c1-4-13(11-5-7-12(16)8-6-11)18-14(19)9-10-15(2,3)17/h5-8,13H,4,9-10,17H2,1-3H3,(H,18,19). The van der Waals surface area contributed by atoms with E-state index in [4.69, 9.17) is 17.3 Å². The average molecular weight is 283 g/mol. The Morgan fingerprint density at radius 2 is 1.95 bits per heavy atom. The average Bonchev–Trinajstić information content (AvgIpc) is 2.34. The lowest BCUT2D eigenvalue weighted by atomic mass is 9.99. The van der Waals surface area contributed by atoms with Gasteiger partial charge in [0.25, 0.3) is 0 Å². The van der Waals surface area contributed by atoms with E-state index in [1.807, 2.05) is 45.0 Å². The molecule has 0 saturated carbocycles. The van der Waals surface area contributed by atoms with Crippen molar-refractivity contribution in [3.05, 3.63) is 34.9 Å². The topological polar surface area (TPSA) is 55.1 Å². The summed E-state index contributed by atoms with van der Waals surface area (Å²) in [4.78, 5) is 11.9. The minimum Gasteiger partial charge on any atom is -0.349 e. The molecule has 3 nitrogen and oxygen atoms in total. The first-order valence-corrected chi connectivity index (χ1v) is 7.03. The van der Waals surface area contributed by atoms with Crippen LogP contribution < -0.4 is 11.1 Å². The first kappa shape index (κ1) is 16.0. The molecule has 4 heteroatoms. The summed E-state index contributed by atoms with van der Waals surface area (Å²) in [5.74, 6) is 0.0420. The third-order valence-corrected chi connectivity index (χ3v) is 3.26. The fourth-order valence-electron chi connectivity index (χ4n) is 1.82. The molecule has 0 heterocycles. The summed E-state index contributed by atoms with van der Waals surface area (Å²) in [7, 11) is 0. The highest BCUT2D eigenvalue weighted by Gasteiger charge is 2.16. The van der Waals surface area contributed by atoms with Crippen LogP contribution in [0.3, 0.4) is 0 Å². The number of carbonyl (C=O) groups is 1. The van der Waals surface area contributed by atoms with E-state index >= 15 is 0 Å². The quantitative estimate of drug-likeness (QED) is 0.840. The van der Waals surface area contributed by atoms with Crippen molar-refractivity contribution in [3.63, 3.8) is 0 Å². The maximum absolute atomic E-state index is 11.9. The molecular weight excluding hydrogens is 260 g/mol. The lowest BCUT2D eigenvalue weighted by molar-refractivity contribution is -0.122. The van der Waals surface area contributed by atoms with Crippen molar-refractivity contribution in [1.82, 2.24) is 5.32 Å². The van der Waals surface area contributed by atoms with Gasteiger partial charge in [-0.25, -0.2) is 0 Å². The lowest BCUT2D eigenvalue weighted by Gasteiger charge is -2.21. The molecular formula is C15H23ClN2O. The van der Waals surface area contributed by atoms with Crippen molar-refractivity contribution in [2.45, 2.75) is 51.6 Å². The third kappa shape index (κ3) is 6.08. The second-order valence-corrected chi connectivity index (χ2v) is 6.00. The molecule has 3 N–H and O–H groups in total. The van der Waals surface area contributed by atoms with E-state index in [1.54, 1.807) is 0 Å². The Morgan fingerprint density at radius 3 is 2.42 bits per heavy atom.